The van der Waals surface area contributed by atoms with Crippen molar-refractivity contribution in [3.63, 3.8) is 0 Å². The molecule has 0 amide bonds. The molecule has 2 spiro atoms. The van der Waals surface area contributed by atoms with Gasteiger partial charge in [-0.1, -0.05) is 6.92 Å². The molecule has 4 saturated heterocycles. The Morgan fingerprint density at radius 3 is 2.63 bits per heavy atom. The van der Waals surface area contributed by atoms with Crippen molar-refractivity contribution >= 4 is 11.9 Å². The predicted molar refractivity (Wildman–Crippen MR) is 140 cm³/mol. The van der Waals surface area contributed by atoms with Gasteiger partial charge in [0.25, 0.3) is 0 Å². The minimum atomic E-state index is -0.992. The number of fused-ring (bicyclic) bond motifs is 6. The van der Waals surface area contributed by atoms with Crippen molar-refractivity contribution in [3.05, 3.63) is 0 Å². The molecule has 228 valence electrons. The summed E-state index contributed by atoms with van der Waals surface area (Å²) in [5.74, 6) is -1.11. The van der Waals surface area contributed by atoms with Crippen molar-refractivity contribution in [1.29, 1.82) is 0 Å². The zero-order valence-electron chi connectivity index (χ0n) is 24.2. The quantitative estimate of drug-likeness (QED) is 0.382. The molecule has 10 nitrogen and oxygen atoms in total. The van der Waals surface area contributed by atoms with Gasteiger partial charge in [0.2, 0.25) is 0 Å². The molecule has 8 fully saturated rings. The first kappa shape index (κ1) is 27.3. The van der Waals surface area contributed by atoms with E-state index in [1.807, 2.05) is 6.92 Å². The molecule has 0 aromatic rings. The molecule has 10 heteroatoms. The van der Waals surface area contributed by atoms with Crippen molar-refractivity contribution in [2.24, 2.45) is 34.0 Å². The number of hydrogen-bond acceptors (Lipinski definition) is 9. The van der Waals surface area contributed by atoms with Crippen molar-refractivity contribution < 1.29 is 48.2 Å². The SMILES string of the molecule is CC1CC2OCOC2C(OC2CCC3(C(=O)O)C4CCC56COC7(COC(=O)C7)C5CCC6(O)C4CCC3(C)C2)O1. The van der Waals surface area contributed by atoms with Crippen LogP contribution in [0.15, 0.2) is 0 Å². The van der Waals surface area contributed by atoms with E-state index < -0.39 is 39.7 Å². The van der Waals surface area contributed by atoms with Crippen LogP contribution < -0.4 is 0 Å². The number of carbonyl (C=O) groups excluding carboxylic acids is 1. The van der Waals surface area contributed by atoms with Crippen LogP contribution in [0.3, 0.4) is 0 Å². The molecule has 41 heavy (non-hydrogen) atoms. The minimum absolute atomic E-state index is 0.00818. The minimum Gasteiger partial charge on any atom is -0.481 e. The second kappa shape index (κ2) is 8.88. The summed E-state index contributed by atoms with van der Waals surface area (Å²) in [7, 11) is 0. The van der Waals surface area contributed by atoms with Crippen LogP contribution in [0.25, 0.3) is 0 Å². The predicted octanol–water partition coefficient (Wildman–Crippen LogP) is 3.17. The Kier molecular flexibility index (Phi) is 5.91. The van der Waals surface area contributed by atoms with Gasteiger partial charge in [-0.2, -0.15) is 0 Å². The second-order valence-electron chi connectivity index (χ2n) is 15.0. The average molecular weight is 577 g/mol. The highest BCUT2D eigenvalue weighted by Crippen LogP contribution is 2.75. The number of aliphatic hydroxyl groups is 1. The molecule has 8 aliphatic rings. The number of ether oxygens (including phenoxy) is 6. The first-order valence-corrected chi connectivity index (χ1v) is 15.9. The fourth-order valence-electron chi connectivity index (χ4n) is 11.8. The monoisotopic (exact) mass is 576 g/mol. The van der Waals surface area contributed by atoms with E-state index >= 15 is 0 Å². The van der Waals surface area contributed by atoms with Gasteiger partial charge in [0.1, 0.15) is 25.1 Å². The van der Waals surface area contributed by atoms with Crippen LogP contribution in [-0.2, 0) is 38.0 Å². The lowest BCUT2D eigenvalue weighted by atomic mass is 9.38. The highest BCUT2D eigenvalue weighted by molar-refractivity contribution is 5.77. The third kappa shape index (κ3) is 3.41. The van der Waals surface area contributed by atoms with Gasteiger partial charge in [0.15, 0.2) is 6.29 Å². The Morgan fingerprint density at radius 1 is 1.02 bits per heavy atom. The smallest absolute Gasteiger partial charge is 0.310 e. The van der Waals surface area contributed by atoms with Crippen LogP contribution in [-0.4, -0.2) is 84.1 Å². The highest BCUT2D eigenvalue weighted by Gasteiger charge is 2.78. The molecule has 4 aliphatic carbocycles. The van der Waals surface area contributed by atoms with Crippen molar-refractivity contribution in [3.8, 4) is 0 Å². The molecule has 13 unspecified atom stereocenters. The first-order valence-electron chi connectivity index (χ1n) is 15.9. The molecule has 13 atom stereocenters. The number of hydrogen-bond donors (Lipinski definition) is 2. The molecule has 8 rings (SSSR count). The highest BCUT2D eigenvalue weighted by atomic mass is 16.8. The van der Waals surface area contributed by atoms with Gasteiger partial charge in [-0.15, -0.1) is 0 Å². The van der Waals surface area contributed by atoms with E-state index in [1.165, 1.54) is 0 Å². The molecular weight excluding hydrogens is 532 g/mol. The normalized spacial score (nSPS) is 57.4. The lowest BCUT2D eigenvalue weighted by Crippen LogP contribution is -2.68. The molecule has 4 aliphatic heterocycles. The summed E-state index contributed by atoms with van der Waals surface area (Å²) in [6, 6.07) is 0. The third-order valence-electron chi connectivity index (χ3n) is 13.6. The van der Waals surface area contributed by atoms with Crippen molar-refractivity contribution in [2.45, 2.75) is 126 Å². The second-order valence-corrected chi connectivity index (χ2v) is 15.0. The number of carbonyl (C=O) groups is 2. The average Bonchev–Trinajstić information content (AvgIpc) is 3.68. The molecule has 0 radical (unpaired) electrons. The molecule has 0 aromatic heterocycles. The maximum absolute atomic E-state index is 13.5. The van der Waals surface area contributed by atoms with Gasteiger partial charge in [-0.3, -0.25) is 9.59 Å². The fraction of sp³-hybridized carbons (Fsp3) is 0.935. The van der Waals surface area contributed by atoms with Crippen LogP contribution in [0.1, 0.15) is 84.5 Å². The lowest BCUT2D eigenvalue weighted by molar-refractivity contribution is -0.281. The molecule has 4 saturated carbocycles. The lowest BCUT2D eigenvalue weighted by Gasteiger charge is -2.66. The van der Waals surface area contributed by atoms with Crippen LogP contribution >= 0.6 is 0 Å². The van der Waals surface area contributed by atoms with E-state index in [2.05, 4.69) is 6.92 Å². The molecule has 0 bridgehead atoms. The summed E-state index contributed by atoms with van der Waals surface area (Å²) in [6.45, 7) is 5.12. The summed E-state index contributed by atoms with van der Waals surface area (Å²) in [6.07, 6.45) is 6.34. The van der Waals surface area contributed by atoms with Crippen LogP contribution in [0.2, 0.25) is 0 Å². The number of rotatable bonds is 3. The summed E-state index contributed by atoms with van der Waals surface area (Å²) >= 11 is 0. The van der Waals surface area contributed by atoms with Gasteiger partial charge < -0.3 is 38.6 Å². The van der Waals surface area contributed by atoms with Crippen LogP contribution in [0.5, 0.6) is 0 Å². The molecule has 4 heterocycles. The van der Waals surface area contributed by atoms with E-state index in [1.54, 1.807) is 0 Å². The number of esters is 1. The summed E-state index contributed by atoms with van der Waals surface area (Å²) < 4.78 is 36.1. The zero-order chi connectivity index (χ0) is 28.4. The van der Waals surface area contributed by atoms with Gasteiger partial charge in [0.05, 0.1) is 42.4 Å². The Labute approximate surface area is 240 Å². The van der Waals surface area contributed by atoms with Crippen LogP contribution in [0, 0.1) is 34.0 Å². The number of aliphatic carboxylic acids is 1. The van der Waals surface area contributed by atoms with Crippen LogP contribution in [0.4, 0.5) is 0 Å². The van der Waals surface area contributed by atoms with Gasteiger partial charge in [-0.05, 0) is 82.0 Å². The standard InChI is InChI=1S/C31H44O10/c1-17-11-21-24(38-16-37-21)25(40-17)41-18-3-9-30(26(33)34)19-5-8-28-14-39-29(13-23(32)36-15-29)22(28)6-10-31(28,35)20(19)4-7-27(30,2)12-18/h17-22,24-25,35H,3-16H2,1-2H3,(H,33,34). The summed E-state index contributed by atoms with van der Waals surface area (Å²) in [5, 5.41) is 23.7. The number of cyclic esters (lactones) is 1. The molecule has 0 aromatic carbocycles. The maximum atomic E-state index is 13.5. The Hall–Kier alpha value is -1.30. The number of carboxylic acids is 1. The summed E-state index contributed by atoms with van der Waals surface area (Å²) in [4.78, 5) is 25.6. The van der Waals surface area contributed by atoms with Gasteiger partial charge in [0, 0.05) is 17.8 Å². The zero-order valence-corrected chi connectivity index (χ0v) is 24.2. The fourth-order valence-corrected chi connectivity index (χ4v) is 11.8. The van der Waals surface area contributed by atoms with Crippen molar-refractivity contribution in [2.75, 3.05) is 20.0 Å². The topological polar surface area (TPSA) is 130 Å². The first-order chi connectivity index (χ1) is 19.6. The Morgan fingerprint density at radius 2 is 1.85 bits per heavy atom. The Balaban J connectivity index is 1.06. The van der Waals surface area contributed by atoms with E-state index in [9.17, 15) is 19.8 Å². The van der Waals surface area contributed by atoms with E-state index in [4.69, 9.17) is 28.4 Å². The largest absolute Gasteiger partial charge is 0.481 e. The Bertz CT molecular complexity index is 1130. The van der Waals surface area contributed by atoms with E-state index in [0.717, 1.165) is 38.5 Å². The van der Waals surface area contributed by atoms with Gasteiger partial charge >= 0.3 is 11.9 Å². The third-order valence-corrected chi connectivity index (χ3v) is 13.6. The number of carboxylic acid groups (broad SMARTS) is 1. The maximum Gasteiger partial charge on any atom is 0.310 e. The van der Waals surface area contributed by atoms with E-state index in [0.29, 0.717) is 32.3 Å². The molecule has 2 N–H and O–H groups in total. The van der Waals surface area contributed by atoms with Gasteiger partial charge in [-0.25, -0.2) is 0 Å². The summed E-state index contributed by atoms with van der Waals surface area (Å²) in [5.41, 5.74) is -3.46. The van der Waals surface area contributed by atoms with Crippen molar-refractivity contribution in [1.82, 2.24) is 0 Å². The van der Waals surface area contributed by atoms with E-state index in [-0.39, 0.29) is 68.0 Å². The molecular formula is C31H44O10.